The van der Waals surface area contributed by atoms with Crippen LogP contribution in [0.25, 0.3) is 0 Å². The molecule has 1 fully saturated rings. The van der Waals surface area contributed by atoms with Crippen LogP contribution >= 0.6 is 0 Å². The first-order valence-corrected chi connectivity index (χ1v) is 6.13. The molecule has 2 unspecified atom stereocenters. The summed E-state index contributed by atoms with van der Waals surface area (Å²) in [5.41, 5.74) is 0. The van der Waals surface area contributed by atoms with Gasteiger partial charge in [-0.3, -0.25) is 0 Å². The molecular weight excluding hydrogens is 208 g/mol. The maximum absolute atomic E-state index is 11.0. The van der Waals surface area contributed by atoms with Crippen LogP contribution in [-0.4, -0.2) is 25.4 Å². The Balaban J connectivity index is 2.73. The van der Waals surface area contributed by atoms with Crippen molar-refractivity contribution in [1.29, 1.82) is 0 Å². The fraction of sp³-hybridized carbons (Fsp3) is 1.00. The van der Waals surface area contributed by atoms with Crippen LogP contribution in [0.2, 0.25) is 0 Å². The van der Waals surface area contributed by atoms with Crippen molar-refractivity contribution in [3.63, 3.8) is 0 Å². The minimum Gasteiger partial charge on any atom is -0.362 e. The molecule has 0 spiro atoms. The lowest BCUT2D eigenvalue weighted by Gasteiger charge is -2.22. The third kappa shape index (κ3) is 2.44. The zero-order valence-corrected chi connectivity index (χ0v) is 9.21. The van der Waals surface area contributed by atoms with Crippen molar-refractivity contribution >= 4 is 10.4 Å². The zero-order valence-electron chi connectivity index (χ0n) is 8.39. The molecule has 0 bridgehead atoms. The molecule has 0 amide bonds. The van der Waals surface area contributed by atoms with Crippen LogP contribution in [0.15, 0.2) is 0 Å². The number of unbranched alkanes of at least 4 members (excludes halogenated alkanes) is 1. The molecule has 0 aromatic heterocycles. The molecule has 1 saturated heterocycles. The lowest BCUT2D eigenvalue weighted by atomic mass is 10.0. The summed E-state index contributed by atoms with van der Waals surface area (Å²) in [6.07, 6.45) is 1.63. The van der Waals surface area contributed by atoms with Crippen LogP contribution in [0.5, 0.6) is 0 Å². The van der Waals surface area contributed by atoms with Gasteiger partial charge in [0.25, 0.3) is 0 Å². The van der Waals surface area contributed by atoms with E-state index in [1.165, 1.54) is 0 Å². The predicted molar refractivity (Wildman–Crippen MR) is 49.6 cm³/mol. The Bertz CT molecular complexity index is 286. The molecule has 5 nitrogen and oxygen atoms in total. The molecule has 14 heavy (non-hydrogen) atoms. The average molecular weight is 224 g/mol. The van der Waals surface area contributed by atoms with Crippen molar-refractivity contribution in [1.82, 2.24) is 0 Å². The summed E-state index contributed by atoms with van der Waals surface area (Å²) in [5, 5.41) is 9.80. The molecule has 2 atom stereocenters. The Morgan fingerprint density at radius 3 is 2.57 bits per heavy atom. The molecule has 1 N–H and O–H groups in total. The molecule has 84 valence electrons. The van der Waals surface area contributed by atoms with E-state index in [1.807, 2.05) is 6.92 Å². The highest BCUT2D eigenvalue weighted by Gasteiger charge is 2.50. The molecule has 6 heteroatoms. The van der Waals surface area contributed by atoms with Gasteiger partial charge >= 0.3 is 10.4 Å². The van der Waals surface area contributed by atoms with Gasteiger partial charge in [-0.1, -0.05) is 26.7 Å². The summed E-state index contributed by atoms with van der Waals surface area (Å²) in [6.45, 7) is 3.64. The van der Waals surface area contributed by atoms with E-state index in [0.717, 1.165) is 12.8 Å². The second kappa shape index (κ2) is 4.14. The Hall–Kier alpha value is -0.170. The quantitative estimate of drug-likeness (QED) is 0.769. The average Bonchev–Trinajstić information content (AvgIpc) is 2.33. The molecule has 0 saturated carbocycles. The van der Waals surface area contributed by atoms with E-state index < -0.39 is 22.3 Å². The summed E-state index contributed by atoms with van der Waals surface area (Å²) >= 11 is 0. The van der Waals surface area contributed by atoms with E-state index in [0.29, 0.717) is 6.42 Å². The topological polar surface area (TPSA) is 72.8 Å². The molecule has 0 aromatic carbocycles. The number of rotatable bonds is 4. The van der Waals surface area contributed by atoms with Crippen molar-refractivity contribution in [3.8, 4) is 0 Å². The maximum Gasteiger partial charge on any atom is 0.403 e. The monoisotopic (exact) mass is 224 g/mol. The summed E-state index contributed by atoms with van der Waals surface area (Å²) < 4.78 is 31.1. The lowest BCUT2D eigenvalue weighted by Crippen LogP contribution is -2.38. The summed E-state index contributed by atoms with van der Waals surface area (Å²) in [7, 11) is -4.00. The summed E-state index contributed by atoms with van der Waals surface area (Å²) in [4.78, 5) is 0. The van der Waals surface area contributed by atoms with Gasteiger partial charge in [0.05, 0.1) is 0 Å². The molecule has 1 heterocycles. The molecule has 0 radical (unpaired) electrons. The van der Waals surface area contributed by atoms with Gasteiger partial charge in [-0.25, -0.2) is 8.37 Å². The summed E-state index contributed by atoms with van der Waals surface area (Å²) in [5.74, 6) is -1.67. The van der Waals surface area contributed by atoms with E-state index >= 15 is 0 Å². The van der Waals surface area contributed by atoms with Crippen molar-refractivity contribution in [2.45, 2.75) is 51.4 Å². The van der Waals surface area contributed by atoms with Gasteiger partial charge in [0.15, 0.2) is 0 Å². The second-order valence-corrected chi connectivity index (χ2v) is 4.59. The third-order valence-electron chi connectivity index (χ3n) is 2.31. The highest BCUT2D eigenvalue weighted by atomic mass is 32.3. The number of hydrogen-bond donors (Lipinski definition) is 1. The highest BCUT2D eigenvalue weighted by molar-refractivity contribution is 7.82. The molecule has 1 aliphatic heterocycles. The van der Waals surface area contributed by atoms with Crippen molar-refractivity contribution in [3.05, 3.63) is 0 Å². The Labute approximate surface area is 84.4 Å². The van der Waals surface area contributed by atoms with Crippen LogP contribution in [0.1, 0.15) is 39.5 Å². The predicted octanol–water partition coefficient (Wildman–Crippen LogP) is 0.935. The van der Waals surface area contributed by atoms with Gasteiger partial charge in [0.2, 0.25) is 5.79 Å². The van der Waals surface area contributed by atoms with Gasteiger partial charge in [-0.05, 0) is 6.42 Å². The standard InChI is InChI=1S/C8H16O5S/c1-3-5-6-7-8(9,4-2)13-14(10,11)12-7/h7,9H,3-6H2,1-2H3. The van der Waals surface area contributed by atoms with Gasteiger partial charge < -0.3 is 5.11 Å². The first kappa shape index (κ1) is 11.9. The van der Waals surface area contributed by atoms with Gasteiger partial charge in [0, 0.05) is 6.42 Å². The van der Waals surface area contributed by atoms with Crippen LogP contribution < -0.4 is 0 Å². The molecular formula is C8H16O5S. The highest BCUT2D eigenvalue weighted by Crippen LogP contribution is 2.34. The first-order valence-electron chi connectivity index (χ1n) is 4.79. The zero-order chi connectivity index (χ0) is 10.8. The second-order valence-electron chi connectivity index (χ2n) is 3.42. The number of aliphatic hydroxyl groups is 1. The SMILES string of the molecule is CCCCC1OS(=O)(=O)OC1(O)CC. The largest absolute Gasteiger partial charge is 0.403 e. The summed E-state index contributed by atoms with van der Waals surface area (Å²) in [6, 6.07) is 0. The van der Waals surface area contributed by atoms with Crippen LogP contribution in [0, 0.1) is 0 Å². The third-order valence-corrected chi connectivity index (χ3v) is 3.27. The Morgan fingerprint density at radius 1 is 1.43 bits per heavy atom. The van der Waals surface area contributed by atoms with Crippen LogP contribution in [0.3, 0.4) is 0 Å². The Morgan fingerprint density at radius 2 is 2.07 bits per heavy atom. The molecule has 0 aromatic rings. The number of hydrogen-bond acceptors (Lipinski definition) is 5. The molecule has 0 aliphatic carbocycles. The smallest absolute Gasteiger partial charge is 0.362 e. The van der Waals surface area contributed by atoms with E-state index in [-0.39, 0.29) is 6.42 Å². The minimum absolute atomic E-state index is 0.195. The first-order chi connectivity index (χ1) is 6.43. The van der Waals surface area contributed by atoms with Crippen molar-refractivity contribution in [2.75, 3.05) is 0 Å². The Kier molecular flexibility index (Phi) is 3.52. The fourth-order valence-corrected chi connectivity index (χ4v) is 2.57. The normalized spacial score (nSPS) is 36.1. The lowest BCUT2D eigenvalue weighted by molar-refractivity contribution is -0.158. The fourth-order valence-electron chi connectivity index (χ4n) is 1.42. The van der Waals surface area contributed by atoms with Gasteiger partial charge in [-0.15, -0.1) is 0 Å². The van der Waals surface area contributed by atoms with E-state index in [9.17, 15) is 13.5 Å². The van der Waals surface area contributed by atoms with Crippen LogP contribution in [-0.2, 0) is 18.8 Å². The molecule has 1 rings (SSSR count). The van der Waals surface area contributed by atoms with Gasteiger partial charge in [0.1, 0.15) is 6.10 Å². The minimum atomic E-state index is -4.00. The van der Waals surface area contributed by atoms with Crippen molar-refractivity contribution < 1.29 is 21.9 Å². The maximum atomic E-state index is 11.0. The van der Waals surface area contributed by atoms with E-state index in [4.69, 9.17) is 0 Å². The van der Waals surface area contributed by atoms with Crippen molar-refractivity contribution in [2.24, 2.45) is 0 Å². The van der Waals surface area contributed by atoms with Gasteiger partial charge in [-0.2, -0.15) is 8.42 Å². The van der Waals surface area contributed by atoms with Crippen LogP contribution in [0.4, 0.5) is 0 Å². The van der Waals surface area contributed by atoms with E-state index in [1.54, 1.807) is 6.92 Å². The molecule has 1 aliphatic rings. The van der Waals surface area contributed by atoms with E-state index in [2.05, 4.69) is 8.37 Å².